The van der Waals surface area contributed by atoms with Crippen LogP contribution < -0.4 is 0 Å². The van der Waals surface area contributed by atoms with Crippen LogP contribution in [0.2, 0.25) is 0 Å². The smallest absolute Gasteiger partial charge is 0.308 e. The largest absolute Gasteiger partial charge is 0.481 e. The lowest BCUT2D eigenvalue weighted by molar-refractivity contribution is -0.141. The first-order chi connectivity index (χ1) is 8.88. The quantitative estimate of drug-likeness (QED) is 0.887. The Kier molecular flexibility index (Phi) is 3.50. The van der Waals surface area contributed by atoms with Crippen molar-refractivity contribution in [3.63, 3.8) is 0 Å². The van der Waals surface area contributed by atoms with E-state index in [0.717, 1.165) is 18.2 Å². The fourth-order valence-electron chi connectivity index (χ4n) is 2.44. The van der Waals surface area contributed by atoms with Gasteiger partial charge in [0.25, 0.3) is 0 Å². The lowest BCUT2D eigenvalue weighted by Gasteiger charge is -2.15. The number of carboxylic acid groups (broad SMARTS) is 1. The van der Waals surface area contributed by atoms with Crippen LogP contribution in [-0.4, -0.2) is 35.0 Å². The number of likely N-dealkylation sites (tertiary alicyclic amines) is 1. The summed E-state index contributed by atoms with van der Waals surface area (Å²) in [5, 5.41) is 9.16. The number of nitrogens with zero attached hydrogens (tertiary/aromatic N) is 1. The van der Waals surface area contributed by atoms with E-state index in [4.69, 9.17) is 5.11 Å². The number of carbonyl (C=O) groups is 2. The summed E-state index contributed by atoms with van der Waals surface area (Å²) in [6, 6.07) is 2.97. The molecule has 2 atom stereocenters. The number of aliphatic carboxylic acids is 1. The van der Waals surface area contributed by atoms with Crippen LogP contribution in [0.15, 0.2) is 18.2 Å². The molecule has 0 aliphatic carbocycles. The van der Waals surface area contributed by atoms with Crippen molar-refractivity contribution < 1.29 is 23.5 Å². The lowest BCUT2D eigenvalue weighted by Crippen LogP contribution is -2.27. The molecule has 1 aliphatic heterocycles. The van der Waals surface area contributed by atoms with E-state index < -0.39 is 29.4 Å². The van der Waals surface area contributed by atoms with Crippen molar-refractivity contribution in [1.82, 2.24) is 4.90 Å². The van der Waals surface area contributed by atoms with Crippen LogP contribution in [0.5, 0.6) is 0 Å². The summed E-state index contributed by atoms with van der Waals surface area (Å²) >= 11 is 0. The molecule has 1 aromatic carbocycles. The second kappa shape index (κ2) is 4.95. The third-order valence-electron chi connectivity index (χ3n) is 3.40. The summed E-state index contributed by atoms with van der Waals surface area (Å²) in [4.78, 5) is 23.9. The van der Waals surface area contributed by atoms with Gasteiger partial charge in [0.15, 0.2) is 0 Å². The molecule has 1 fully saturated rings. The van der Waals surface area contributed by atoms with Gasteiger partial charge in [-0.2, -0.15) is 0 Å². The molecule has 1 saturated heterocycles. The monoisotopic (exact) mass is 269 g/mol. The highest BCUT2D eigenvalue weighted by atomic mass is 19.1. The zero-order valence-electron chi connectivity index (χ0n) is 10.3. The van der Waals surface area contributed by atoms with Gasteiger partial charge in [0.1, 0.15) is 11.6 Å². The first-order valence-electron chi connectivity index (χ1n) is 5.83. The Labute approximate surface area is 108 Å². The highest BCUT2D eigenvalue weighted by Crippen LogP contribution is 2.33. The molecular formula is C13H13F2NO3. The topological polar surface area (TPSA) is 57.6 Å². The van der Waals surface area contributed by atoms with Gasteiger partial charge >= 0.3 is 5.97 Å². The highest BCUT2D eigenvalue weighted by molar-refractivity contribution is 5.78. The van der Waals surface area contributed by atoms with Crippen molar-refractivity contribution in [2.45, 2.75) is 12.8 Å². The molecule has 0 aromatic heterocycles. The highest BCUT2D eigenvalue weighted by Gasteiger charge is 2.39. The van der Waals surface area contributed by atoms with E-state index in [0.29, 0.717) is 0 Å². The first-order valence-corrected chi connectivity index (χ1v) is 5.83. The fraction of sp³-hybridized carbons (Fsp3) is 0.385. The van der Waals surface area contributed by atoms with Gasteiger partial charge in [-0.3, -0.25) is 9.59 Å². The van der Waals surface area contributed by atoms with E-state index in [1.165, 1.54) is 11.8 Å². The molecule has 19 heavy (non-hydrogen) atoms. The molecule has 6 heteroatoms. The normalized spacial score (nSPS) is 22.6. The molecule has 1 heterocycles. The lowest BCUT2D eigenvalue weighted by atomic mass is 9.89. The number of halogens is 2. The van der Waals surface area contributed by atoms with Gasteiger partial charge in [0, 0.05) is 32.0 Å². The van der Waals surface area contributed by atoms with Crippen molar-refractivity contribution in [2.24, 2.45) is 5.92 Å². The van der Waals surface area contributed by atoms with Gasteiger partial charge in [0.2, 0.25) is 5.91 Å². The third kappa shape index (κ3) is 2.72. The van der Waals surface area contributed by atoms with E-state index in [2.05, 4.69) is 0 Å². The van der Waals surface area contributed by atoms with Crippen molar-refractivity contribution in [3.05, 3.63) is 35.4 Å². The molecule has 0 spiro atoms. The van der Waals surface area contributed by atoms with E-state index in [-0.39, 0.29) is 24.6 Å². The first kappa shape index (κ1) is 13.5. The Bertz CT molecular complexity index is 512. The molecule has 0 saturated carbocycles. The number of carbonyl (C=O) groups excluding carboxylic acids is 1. The Balaban J connectivity index is 2.35. The van der Waals surface area contributed by atoms with Crippen LogP contribution in [0.4, 0.5) is 8.78 Å². The van der Waals surface area contributed by atoms with E-state index >= 15 is 0 Å². The van der Waals surface area contributed by atoms with Crippen molar-refractivity contribution in [3.8, 4) is 0 Å². The van der Waals surface area contributed by atoms with Crippen molar-refractivity contribution >= 4 is 11.9 Å². The summed E-state index contributed by atoms with van der Waals surface area (Å²) in [6.07, 6.45) is 0. The van der Waals surface area contributed by atoms with Crippen molar-refractivity contribution in [1.29, 1.82) is 0 Å². The molecule has 102 valence electrons. The van der Waals surface area contributed by atoms with Crippen molar-refractivity contribution in [2.75, 3.05) is 13.1 Å². The Morgan fingerprint density at radius 1 is 1.21 bits per heavy atom. The number of benzene rings is 1. The summed E-state index contributed by atoms with van der Waals surface area (Å²) in [7, 11) is 0. The zero-order chi connectivity index (χ0) is 14.2. The number of hydrogen-bond donors (Lipinski definition) is 1. The minimum Gasteiger partial charge on any atom is -0.481 e. The van der Waals surface area contributed by atoms with Gasteiger partial charge in [-0.05, 0) is 17.7 Å². The zero-order valence-corrected chi connectivity index (χ0v) is 10.3. The summed E-state index contributed by atoms with van der Waals surface area (Å²) in [5.74, 6) is -4.25. The summed E-state index contributed by atoms with van der Waals surface area (Å²) in [6.45, 7) is 1.57. The third-order valence-corrected chi connectivity index (χ3v) is 3.40. The average molecular weight is 269 g/mol. The van der Waals surface area contributed by atoms with Gasteiger partial charge in [-0.15, -0.1) is 0 Å². The second-order valence-electron chi connectivity index (χ2n) is 4.68. The molecule has 0 radical (unpaired) electrons. The number of amides is 1. The molecule has 0 bridgehead atoms. The maximum absolute atomic E-state index is 13.2. The minimum absolute atomic E-state index is 0.0630. The SMILES string of the molecule is CC(=O)N1C[C@H](C(=O)O)[C@@H](c2cc(F)cc(F)c2)C1. The molecule has 2 rings (SSSR count). The van der Waals surface area contributed by atoms with Crippen LogP contribution in [-0.2, 0) is 9.59 Å². The van der Waals surface area contributed by atoms with Gasteiger partial charge in [-0.1, -0.05) is 0 Å². The van der Waals surface area contributed by atoms with E-state index in [1.807, 2.05) is 0 Å². The second-order valence-corrected chi connectivity index (χ2v) is 4.68. The molecular weight excluding hydrogens is 256 g/mol. The predicted octanol–water partition coefficient (Wildman–Crippen LogP) is 1.61. The predicted molar refractivity (Wildman–Crippen MR) is 62.5 cm³/mol. The van der Waals surface area contributed by atoms with Crippen LogP contribution >= 0.6 is 0 Å². The Morgan fingerprint density at radius 3 is 2.26 bits per heavy atom. The average Bonchev–Trinajstić information content (AvgIpc) is 2.72. The molecule has 1 aromatic rings. The van der Waals surface area contributed by atoms with E-state index in [1.54, 1.807) is 0 Å². The van der Waals surface area contributed by atoms with Crippen LogP contribution in [0.25, 0.3) is 0 Å². The van der Waals surface area contributed by atoms with Crippen LogP contribution in [0, 0.1) is 17.6 Å². The van der Waals surface area contributed by atoms with E-state index in [9.17, 15) is 18.4 Å². The molecule has 0 unspecified atom stereocenters. The van der Waals surface area contributed by atoms with Crippen LogP contribution in [0.1, 0.15) is 18.4 Å². The molecule has 1 aliphatic rings. The minimum atomic E-state index is -1.07. The summed E-state index contributed by atoms with van der Waals surface area (Å²) in [5.41, 5.74) is 0.272. The van der Waals surface area contributed by atoms with Crippen LogP contribution in [0.3, 0.4) is 0 Å². The number of hydrogen-bond acceptors (Lipinski definition) is 2. The van der Waals surface area contributed by atoms with Gasteiger partial charge in [-0.25, -0.2) is 8.78 Å². The Morgan fingerprint density at radius 2 is 1.79 bits per heavy atom. The number of carboxylic acids is 1. The standard InChI is InChI=1S/C13H13F2NO3/c1-7(17)16-5-11(12(6-16)13(18)19)8-2-9(14)4-10(15)3-8/h2-4,11-12H,5-6H2,1H3,(H,18,19)/t11-,12+/m1/s1. The molecule has 4 nitrogen and oxygen atoms in total. The molecule has 1 N–H and O–H groups in total. The Hall–Kier alpha value is -1.98. The maximum Gasteiger partial charge on any atom is 0.308 e. The van der Waals surface area contributed by atoms with Gasteiger partial charge in [0.05, 0.1) is 5.92 Å². The molecule has 1 amide bonds. The summed E-state index contributed by atoms with van der Waals surface area (Å²) < 4.78 is 26.4. The number of rotatable bonds is 2. The maximum atomic E-state index is 13.2. The fourth-order valence-corrected chi connectivity index (χ4v) is 2.44. The van der Waals surface area contributed by atoms with Gasteiger partial charge < -0.3 is 10.0 Å².